The number of carbonyl (C=O) groups is 1. The van der Waals surface area contributed by atoms with Crippen molar-refractivity contribution in [2.75, 3.05) is 11.3 Å². The molecule has 1 saturated heterocycles. The predicted octanol–water partition coefficient (Wildman–Crippen LogP) is 2.05. The van der Waals surface area contributed by atoms with Crippen LogP contribution in [0.25, 0.3) is 0 Å². The van der Waals surface area contributed by atoms with Crippen molar-refractivity contribution < 1.29 is 13.2 Å². The number of aryl methyl sites for hydroxylation is 1. The molecule has 1 aromatic carbocycles. The molecule has 2 aromatic rings. The van der Waals surface area contributed by atoms with E-state index in [1.165, 1.54) is 15.5 Å². The van der Waals surface area contributed by atoms with Gasteiger partial charge in [0.15, 0.2) is 6.19 Å². The molecule has 1 aliphatic rings. The molecule has 0 spiro atoms. The summed E-state index contributed by atoms with van der Waals surface area (Å²) in [7, 11) is -3.83. The number of hydrogen-bond acceptors (Lipinski definition) is 6. The second-order valence-electron chi connectivity index (χ2n) is 7.69. The maximum Gasteiger partial charge on any atom is 0.276 e. The van der Waals surface area contributed by atoms with Crippen molar-refractivity contribution in [3.05, 3.63) is 76.4 Å². The number of amides is 1. The Labute approximate surface area is 187 Å². The summed E-state index contributed by atoms with van der Waals surface area (Å²) in [6, 6.07) is 11.7. The molecule has 2 heterocycles. The van der Waals surface area contributed by atoms with Gasteiger partial charge >= 0.3 is 0 Å². The third-order valence-corrected chi connectivity index (χ3v) is 6.77. The molecule has 1 aromatic heterocycles. The lowest BCUT2D eigenvalue weighted by Gasteiger charge is -2.38. The number of rotatable bonds is 8. The number of benzene rings is 1. The zero-order valence-corrected chi connectivity index (χ0v) is 18.5. The van der Waals surface area contributed by atoms with Gasteiger partial charge in [0.1, 0.15) is 11.9 Å². The Kier molecular flexibility index (Phi) is 7.00. The van der Waals surface area contributed by atoms with Crippen LogP contribution >= 0.6 is 0 Å². The van der Waals surface area contributed by atoms with Crippen LogP contribution in [0.3, 0.4) is 0 Å². The van der Waals surface area contributed by atoms with Crippen LogP contribution in [-0.2, 0) is 20.6 Å². The van der Waals surface area contributed by atoms with Gasteiger partial charge in [0.25, 0.3) is 5.56 Å². The summed E-state index contributed by atoms with van der Waals surface area (Å²) in [6.07, 6.45) is 3.00. The summed E-state index contributed by atoms with van der Waals surface area (Å²) in [6.45, 7) is 5.97. The Morgan fingerprint density at radius 2 is 2.00 bits per heavy atom. The standard InChI is InChI=1S/C22H25N5O4S/c1-16-8-9-20(25-32(30,31)13-18-6-4-3-5-7-18)22(29)27(16)21-12-19(17(2)24-15-28)10-11-26(21)14-23/h3-9,15,19,21,25H,2,10-13H2,1H3,(H,24,28). The summed E-state index contributed by atoms with van der Waals surface area (Å²) in [5.41, 5.74) is 1.08. The van der Waals surface area contributed by atoms with Crippen LogP contribution in [0.2, 0.25) is 0 Å². The quantitative estimate of drug-likeness (QED) is 0.464. The van der Waals surface area contributed by atoms with Crippen molar-refractivity contribution in [1.29, 1.82) is 5.26 Å². The Hall–Kier alpha value is -3.58. The van der Waals surface area contributed by atoms with E-state index >= 15 is 0 Å². The molecule has 168 valence electrons. The molecule has 1 aliphatic heterocycles. The zero-order chi connectivity index (χ0) is 23.3. The molecule has 3 rings (SSSR count). The molecule has 2 unspecified atom stereocenters. The third-order valence-electron chi connectivity index (χ3n) is 5.52. The normalized spacial score (nSPS) is 18.4. The molecule has 2 atom stereocenters. The van der Waals surface area contributed by atoms with E-state index in [2.05, 4.69) is 22.8 Å². The van der Waals surface area contributed by atoms with E-state index in [0.717, 1.165) is 0 Å². The largest absolute Gasteiger partial charge is 0.333 e. The number of piperidine rings is 1. The molecular formula is C22H25N5O4S. The maximum absolute atomic E-state index is 13.3. The number of sulfonamides is 1. The first-order chi connectivity index (χ1) is 15.3. The van der Waals surface area contributed by atoms with Crippen molar-refractivity contribution in [2.45, 2.75) is 31.7 Å². The topological polar surface area (TPSA) is 124 Å². The number of pyridine rings is 1. The summed E-state index contributed by atoms with van der Waals surface area (Å²) < 4.78 is 29.1. The van der Waals surface area contributed by atoms with E-state index in [9.17, 15) is 23.3 Å². The lowest BCUT2D eigenvalue weighted by molar-refractivity contribution is -0.109. The Bertz CT molecular complexity index is 1200. The van der Waals surface area contributed by atoms with Gasteiger partial charge in [-0.3, -0.25) is 23.8 Å². The van der Waals surface area contributed by atoms with E-state index in [1.807, 2.05) is 0 Å². The van der Waals surface area contributed by atoms with Gasteiger partial charge in [0, 0.05) is 23.9 Å². The van der Waals surface area contributed by atoms with Crippen molar-refractivity contribution in [2.24, 2.45) is 5.92 Å². The van der Waals surface area contributed by atoms with E-state index in [0.29, 0.717) is 42.8 Å². The monoisotopic (exact) mass is 455 g/mol. The second kappa shape index (κ2) is 9.70. The van der Waals surface area contributed by atoms with Gasteiger partial charge in [-0.2, -0.15) is 5.26 Å². The average molecular weight is 456 g/mol. The second-order valence-corrected chi connectivity index (χ2v) is 9.42. The number of anilines is 1. The van der Waals surface area contributed by atoms with E-state index < -0.39 is 21.7 Å². The van der Waals surface area contributed by atoms with Crippen LogP contribution in [0.15, 0.2) is 59.5 Å². The number of allylic oxidation sites excluding steroid dienone is 1. The van der Waals surface area contributed by atoms with Crippen LogP contribution in [0.5, 0.6) is 0 Å². The van der Waals surface area contributed by atoms with Crippen LogP contribution in [0.4, 0.5) is 5.69 Å². The first-order valence-corrected chi connectivity index (χ1v) is 11.7. The highest BCUT2D eigenvalue weighted by atomic mass is 32.2. The van der Waals surface area contributed by atoms with Gasteiger partial charge in [-0.15, -0.1) is 0 Å². The van der Waals surface area contributed by atoms with Gasteiger partial charge < -0.3 is 5.32 Å². The summed E-state index contributed by atoms with van der Waals surface area (Å²) >= 11 is 0. The Morgan fingerprint density at radius 3 is 2.66 bits per heavy atom. The molecule has 9 nitrogen and oxygen atoms in total. The van der Waals surface area contributed by atoms with Crippen molar-refractivity contribution in [3.63, 3.8) is 0 Å². The van der Waals surface area contributed by atoms with Crippen LogP contribution in [-0.4, -0.2) is 30.8 Å². The molecule has 10 heteroatoms. The molecule has 32 heavy (non-hydrogen) atoms. The smallest absolute Gasteiger partial charge is 0.276 e. The number of carbonyl (C=O) groups excluding carboxylic acids is 1. The number of nitrogens with one attached hydrogen (secondary N) is 2. The highest BCUT2D eigenvalue weighted by Crippen LogP contribution is 2.32. The molecule has 0 bridgehead atoms. The fourth-order valence-electron chi connectivity index (χ4n) is 3.91. The highest BCUT2D eigenvalue weighted by molar-refractivity contribution is 7.91. The summed E-state index contributed by atoms with van der Waals surface area (Å²) in [5.74, 6) is -0.395. The molecule has 1 amide bonds. The van der Waals surface area contributed by atoms with Gasteiger partial charge in [-0.1, -0.05) is 36.9 Å². The summed E-state index contributed by atoms with van der Waals surface area (Å²) in [5, 5.41) is 12.2. The summed E-state index contributed by atoms with van der Waals surface area (Å²) in [4.78, 5) is 25.6. The minimum absolute atomic E-state index is 0.0867. The highest BCUT2D eigenvalue weighted by Gasteiger charge is 2.32. The number of likely N-dealkylation sites (tertiary alicyclic amines) is 1. The number of nitriles is 1. The molecule has 0 aliphatic carbocycles. The number of nitrogens with zero attached hydrogens (tertiary/aromatic N) is 3. The first-order valence-electron chi connectivity index (χ1n) is 10.1. The Morgan fingerprint density at radius 1 is 1.28 bits per heavy atom. The van der Waals surface area contributed by atoms with Gasteiger partial charge in [-0.25, -0.2) is 8.42 Å². The lowest BCUT2D eigenvalue weighted by Crippen LogP contribution is -2.43. The SMILES string of the molecule is C=C(NC=O)C1CCN(C#N)C(n2c(C)ccc(NS(=O)(=O)Cc3ccccc3)c2=O)C1. The predicted molar refractivity (Wildman–Crippen MR) is 121 cm³/mol. The van der Waals surface area contributed by atoms with Crippen LogP contribution in [0, 0.1) is 24.3 Å². The van der Waals surface area contributed by atoms with E-state index in [-0.39, 0.29) is 17.4 Å². The minimum Gasteiger partial charge on any atom is -0.333 e. The fraction of sp³-hybridized carbons (Fsp3) is 0.318. The first kappa shape index (κ1) is 23.1. The maximum atomic E-state index is 13.3. The minimum atomic E-state index is -3.83. The van der Waals surface area contributed by atoms with Gasteiger partial charge in [0.05, 0.1) is 5.75 Å². The van der Waals surface area contributed by atoms with Gasteiger partial charge in [0.2, 0.25) is 16.4 Å². The average Bonchev–Trinajstić information content (AvgIpc) is 2.76. The van der Waals surface area contributed by atoms with E-state index in [1.54, 1.807) is 43.3 Å². The van der Waals surface area contributed by atoms with Crippen molar-refractivity contribution in [1.82, 2.24) is 14.8 Å². The van der Waals surface area contributed by atoms with Crippen LogP contribution in [0.1, 0.15) is 30.3 Å². The van der Waals surface area contributed by atoms with E-state index in [4.69, 9.17) is 0 Å². The van der Waals surface area contributed by atoms with Gasteiger partial charge in [-0.05, 0) is 37.5 Å². The fourth-order valence-corrected chi connectivity index (χ4v) is 5.10. The third kappa shape index (κ3) is 5.18. The lowest BCUT2D eigenvalue weighted by atomic mass is 9.91. The molecule has 0 saturated carbocycles. The number of aromatic nitrogens is 1. The van der Waals surface area contributed by atoms with Crippen molar-refractivity contribution >= 4 is 22.1 Å². The number of hydrogen-bond donors (Lipinski definition) is 2. The Balaban J connectivity index is 1.92. The molecule has 2 N–H and O–H groups in total. The zero-order valence-electron chi connectivity index (χ0n) is 17.7. The molecular weight excluding hydrogens is 430 g/mol. The molecule has 1 fully saturated rings. The van der Waals surface area contributed by atoms with Crippen molar-refractivity contribution in [3.8, 4) is 6.19 Å². The molecule has 0 radical (unpaired) electrons. The van der Waals surface area contributed by atoms with Crippen LogP contribution < -0.4 is 15.6 Å².